The Morgan fingerprint density at radius 3 is 2.63 bits per heavy atom. The number of ketones is 1. The molecule has 30 heavy (non-hydrogen) atoms. The van der Waals surface area contributed by atoms with Gasteiger partial charge in [0.1, 0.15) is 22.9 Å². The molecule has 0 bridgehead atoms. The van der Waals surface area contributed by atoms with Gasteiger partial charge in [-0.2, -0.15) is 0 Å². The van der Waals surface area contributed by atoms with Gasteiger partial charge in [-0.25, -0.2) is 13.6 Å². The molecule has 2 aromatic rings. The summed E-state index contributed by atoms with van der Waals surface area (Å²) in [4.78, 5) is 37.0. The third kappa shape index (κ3) is 3.35. The summed E-state index contributed by atoms with van der Waals surface area (Å²) in [6.07, 6.45) is 1.81. The van der Waals surface area contributed by atoms with Crippen molar-refractivity contribution in [3.05, 3.63) is 39.7 Å². The van der Waals surface area contributed by atoms with Gasteiger partial charge < -0.3 is 25.0 Å². The van der Waals surface area contributed by atoms with Crippen LogP contribution in [0.5, 0.6) is 0 Å². The molecule has 1 aromatic heterocycles. The second-order valence-electron chi connectivity index (χ2n) is 7.72. The molecular weight excluding hydrogens is 400 g/mol. The van der Waals surface area contributed by atoms with Crippen LogP contribution in [0.25, 0.3) is 10.9 Å². The smallest absolute Gasteiger partial charge is 0.341 e. The number of Topliss-reactive ketones (excluding diaryl/α,β-unsaturated/α-hetero) is 1. The molecule has 1 aliphatic carbocycles. The number of rotatable bonds is 5. The molecule has 0 radical (unpaired) electrons. The third-order valence-corrected chi connectivity index (χ3v) is 5.63. The Labute approximate surface area is 169 Å². The predicted molar refractivity (Wildman–Crippen MR) is 104 cm³/mol. The number of anilines is 1. The first-order chi connectivity index (χ1) is 14.2. The minimum Gasteiger partial charge on any atom is -0.477 e. The standard InChI is InChI=1S/C20H21F2N3O5/c1-9(26)16(23)14-8-24(4-5-30-14)18-13(21)6-11-17(15(18)22)25(10-2-3-10)7-12(19(11)27)20(28)29/h6-7,10,14,16H,2-5,8,23H2,1H3,(H,28,29). The van der Waals surface area contributed by atoms with Crippen molar-refractivity contribution in [1.29, 1.82) is 0 Å². The van der Waals surface area contributed by atoms with E-state index in [2.05, 4.69) is 0 Å². The van der Waals surface area contributed by atoms with E-state index >= 15 is 4.39 Å². The molecule has 1 aromatic carbocycles. The van der Waals surface area contributed by atoms with Crippen molar-refractivity contribution in [1.82, 2.24) is 4.57 Å². The lowest BCUT2D eigenvalue weighted by atomic mass is 10.0. The molecule has 0 amide bonds. The first kappa shape index (κ1) is 20.4. The number of hydrogen-bond acceptors (Lipinski definition) is 6. The minimum absolute atomic E-state index is 0.000956. The van der Waals surface area contributed by atoms with Gasteiger partial charge in [0.25, 0.3) is 0 Å². The van der Waals surface area contributed by atoms with Crippen molar-refractivity contribution in [2.45, 2.75) is 38.0 Å². The van der Waals surface area contributed by atoms with Gasteiger partial charge in [-0.15, -0.1) is 0 Å². The molecule has 3 N–H and O–H groups in total. The van der Waals surface area contributed by atoms with Crippen LogP contribution in [0, 0.1) is 11.6 Å². The number of hydrogen-bond donors (Lipinski definition) is 2. The minimum atomic E-state index is -1.45. The Hall–Kier alpha value is -2.85. The van der Waals surface area contributed by atoms with Gasteiger partial charge >= 0.3 is 5.97 Å². The van der Waals surface area contributed by atoms with Gasteiger partial charge in [0.2, 0.25) is 5.43 Å². The van der Waals surface area contributed by atoms with Crippen molar-refractivity contribution in [3.8, 4) is 0 Å². The summed E-state index contributed by atoms with van der Waals surface area (Å²) in [5.41, 5.74) is 3.92. The number of nitrogens with two attached hydrogens (primary N) is 1. The highest BCUT2D eigenvalue weighted by Gasteiger charge is 2.34. The zero-order valence-electron chi connectivity index (χ0n) is 16.2. The van der Waals surface area contributed by atoms with Crippen LogP contribution in [0.3, 0.4) is 0 Å². The van der Waals surface area contributed by atoms with Crippen LogP contribution in [0.1, 0.15) is 36.2 Å². The van der Waals surface area contributed by atoms with Gasteiger partial charge in [0, 0.05) is 25.3 Å². The lowest BCUT2D eigenvalue weighted by Crippen LogP contribution is -2.53. The highest BCUT2D eigenvalue weighted by molar-refractivity contribution is 5.94. The Balaban J connectivity index is 1.87. The van der Waals surface area contributed by atoms with E-state index in [4.69, 9.17) is 10.5 Å². The van der Waals surface area contributed by atoms with Crippen LogP contribution in [0.2, 0.25) is 0 Å². The summed E-state index contributed by atoms with van der Waals surface area (Å²) in [5.74, 6) is -3.68. The SMILES string of the molecule is CC(=O)C(N)C1CN(c2c(F)cc3c(=O)c(C(=O)O)cn(C4CC4)c3c2F)CCO1. The summed E-state index contributed by atoms with van der Waals surface area (Å²) in [7, 11) is 0. The van der Waals surface area contributed by atoms with Crippen LogP contribution < -0.4 is 16.1 Å². The van der Waals surface area contributed by atoms with Crippen LogP contribution in [0.15, 0.2) is 17.1 Å². The second-order valence-corrected chi connectivity index (χ2v) is 7.72. The second kappa shape index (κ2) is 7.44. The molecule has 8 nitrogen and oxygen atoms in total. The van der Waals surface area contributed by atoms with Crippen molar-refractivity contribution in [3.63, 3.8) is 0 Å². The summed E-state index contributed by atoms with van der Waals surface area (Å²) in [6, 6.07) is -0.193. The molecule has 2 fully saturated rings. The third-order valence-electron chi connectivity index (χ3n) is 5.63. The number of halogens is 2. The number of nitrogens with zero attached hydrogens (tertiary/aromatic N) is 2. The zero-order chi connectivity index (χ0) is 21.7. The maximum atomic E-state index is 15.6. The maximum Gasteiger partial charge on any atom is 0.341 e. The molecule has 2 heterocycles. The summed E-state index contributed by atoms with van der Waals surface area (Å²) in [6.45, 7) is 1.61. The van der Waals surface area contributed by atoms with E-state index in [1.54, 1.807) is 0 Å². The Morgan fingerprint density at radius 2 is 2.03 bits per heavy atom. The molecule has 1 saturated heterocycles. The monoisotopic (exact) mass is 421 g/mol. The predicted octanol–water partition coefficient (Wildman–Crippen LogP) is 1.43. The van der Waals surface area contributed by atoms with Gasteiger partial charge in [-0.3, -0.25) is 9.59 Å². The number of benzene rings is 1. The number of pyridine rings is 1. The van der Waals surface area contributed by atoms with E-state index in [1.807, 2.05) is 0 Å². The normalized spacial score (nSPS) is 20.4. The fourth-order valence-corrected chi connectivity index (χ4v) is 3.87. The van der Waals surface area contributed by atoms with Gasteiger partial charge in [-0.1, -0.05) is 0 Å². The van der Waals surface area contributed by atoms with Crippen molar-refractivity contribution in [2.75, 3.05) is 24.6 Å². The number of carboxylic acids is 1. The van der Waals surface area contributed by atoms with E-state index in [9.17, 15) is 23.9 Å². The summed E-state index contributed by atoms with van der Waals surface area (Å²) < 4.78 is 37.5. The number of aromatic nitrogens is 1. The van der Waals surface area contributed by atoms with Gasteiger partial charge in [0.05, 0.1) is 29.7 Å². The fourth-order valence-electron chi connectivity index (χ4n) is 3.87. The van der Waals surface area contributed by atoms with Gasteiger partial charge in [-0.05, 0) is 25.8 Å². The molecule has 2 unspecified atom stereocenters. The molecule has 0 spiro atoms. The van der Waals surface area contributed by atoms with Gasteiger partial charge in [0.15, 0.2) is 5.82 Å². The highest BCUT2D eigenvalue weighted by atomic mass is 19.1. The average Bonchev–Trinajstić information content (AvgIpc) is 3.53. The van der Waals surface area contributed by atoms with E-state index in [0.29, 0.717) is 12.8 Å². The van der Waals surface area contributed by atoms with E-state index < -0.39 is 40.7 Å². The van der Waals surface area contributed by atoms with Crippen molar-refractivity contribution < 1.29 is 28.2 Å². The summed E-state index contributed by atoms with van der Waals surface area (Å²) >= 11 is 0. The molecule has 2 atom stereocenters. The number of carbonyl (C=O) groups excluding carboxylic acids is 1. The number of morpholine rings is 1. The first-order valence-corrected chi connectivity index (χ1v) is 9.63. The zero-order valence-corrected chi connectivity index (χ0v) is 16.2. The van der Waals surface area contributed by atoms with E-state index in [0.717, 1.165) is 12.3 Å². The average molecular weight is 421 g/mol. The number of ether oxygens (including phenoxy) is 1. The van der Waals surface area contributed by atoms with Crippen LogP contribution in [-0.2, 0) is 9.53 Å². The quantitative estimate of drug-likeness (QED) is 0.751. The molecule has 160 valence electrons. The molecule has 2 aliphatic rings. The molecular formula is C20H21F2N3O5. The highest BCUT2D eigenvalue weighted by Crippen LogP contribution is 2.39. The Morgan fingerprint density at radius 1 is 1.33 bits per heavy atom. The topological polar surface area (TPSA) is 115 Å². The summed E-state index contributed by atoms with van der Waals surface area (Å²) in [5, 5.41) is 9.00. The largest absolute Gasteiger partial charge is 0.477 e. The number of carboxylic acid groups (broad SMARTS) is 1. The lowest BCUT2D eigenvalue weighted by molar-refractivity contribution is -0.122. The molecule has 1 aliphatic heterocycles. The van der Waals surface area contributed by atoms with Crippen LogP contribution in [0.4, 0.5) is 14.5 Å². The van der Waals surface area contributed by atoms with E-state index in [1.165, 1.54) is 16.4 Å². The molecule has 10 heteroatoms. The van der Waals surface area contributed by atoms with Crippen molar-refractivity contribution in [2.24, 2.45) is 5.73 Å². The molecule has 1 saturated carbocycles. The number of fused-ring (bicyclic) bond motifs is 1. The van der Waals surface area contributed by atoms with Crippen LogP contribution >= 0.6 is 0 Å². The first-order valence-electron chi connectivity index (χ1n) is 9.63. The fraction of sp³-hybridized carbons (Fsp3) is 0.450. The lowest BCUT2D eigenvalue weighted by Gasteiger charge is -2.36. The number of aromatic carboxylic acids is 1. The van der Waals surface area contributed by atoms with Crippen LogP contribution in [-0.4, -0.2) is 53.3 Å². The van der Waals surface area contributed by atoms with E-state index in [-0.39, 0.29) is 48.1 Å². The Bertz CT molecular complexity index is 1110. The Kier molecular flexibility index (Phi) is 5.07. The maximum absolute atomic E-state index is 15.6. The molecule has 4 rings (SSSR count). The number of carbonyl (C=O) groups is 2. The van der Waals surface area contributed by atoms with Crippen molar-refractivity contribution >= 4 is 28.3 Å².